The summed E-state index contributed by atoms with van der Waals surface area (Å²) < 4.78 is 23.3. The molecule has 0 atom stereocenters. The quantitative estimate of drug-likeness (QED) is 0.369. The molecular formula is C26H30O4. The maximum Gasteiger partial charge on any atom is 0.131 e. The fourth-order valence-electron chi connectivity index (χ4n) is 2.60. The summed E-state index contributed by atoms with van der Waals surface area (Å²) in [5, 5.41) is 0. The Hall–Kier alpha value is -3.14. The minimum absolute atomic E-state index is 0.123. The Bertz CT molecular complexity index is 909. The van der Waals surface area contributed by atoms with Crippen LogP contribution in [0.15, 0.2) is 72.8 Å². The van der Waals surface area contributed by atoms with Crippen molar-refractivity contribution in [2.45, 2.75) is 34.1 Å². The Kier molecular flexibility index (Phi) is 7.23. The van der Waals surface area contributed by atoms with Crippen LogP contribution < -0.4 is 18.9 Å². The van der Waals surface area contributed by atoms with E-state index in [0.29, 0.717) is 24.7 Å². The van der Waals surface area contributed by atoms with E-state index in [0.717, 1.165) is 29.4 Å². The summed E-state index contributed by atoms with van der Waals surface area (Å²) in [5.74, 6) is 4.58. The monoisotopic (exact) mass is 406 g/mol. The highest BCUT2D eigenvalue weighted by molar-refractivity contribution is 5.41. The molecule has 3 rings (SSSR count). The van der Waals surface area contributed by atoms with Crippen molar-refractivity contribution < 1.29 is 18.9 Å². The summed E-state index contributed by atoms with van der Waals surface area (Å²) >= 11 is 0. The van der Waals surface area contributed by atoms with E-state index in [-0.39, 0.29) is 5.41 Å². The second-order valence-corrected chi connectivity index (χ2v) is 8.32. The van der Waals surface area contributed by atoms with Gasteiger partial charge < -0.3 is 18.9 Å². The molecule has 0 aliphatic rings. The zero-order valence-corrected chi connectivity index (χ0v) is 18.2. The van der Waals surface area contributed by atoms with Gasteiger partial charge in [-0.05, 0) is 72.5 Å². The highest BCUT2D eigenvalue weighted by Gasteiger charge is 2.11. The van der Waals surface area contributed by atoms with E-state index < -0.39 is 0 Å². The zero-order chi connectivity index (χ0) is 21.4. The number of hydrogen-bond donors (Lipinski definition) is 0. The van der Waals surface area contributed by atoms with Gasteiger partial charge in [-0.1, -0.05) is 33.8 Å². The van der Waals surface area contributed by atoms with E-state index in [4.69, 9.17) is 18.9 Å². The van der Waals surface area contributed by atoms with Gasteiger partial charge in [0.15, 0.2) is 0 Å². The van der Waals surface area contributed by atoms with Crippen LogP contribution in [0.5, 0.6) is 34.5 Å². The third-order valence-corrected chi connectivity index (χ3v) is 4.07. The minimum Gasteiger partial charge on any atom is -0.494 e. The van der Waals surface area contributed by atoms with Crippen LogP contribution in [0.4, 0.5) is 0 Å². The standard InChI is InChI=1S/C26H30O4/c1-5-17-27-20-9-13-22(14-10-20)29-24-7-6-8-25(18-24)30-23-15-11-21(12-16-23)28-19-26(2,3)4/h6-16,18H,5,17,19H2,1-4H3. The van der Waals surface area contributed by atoms with Crippen LogP contribution in [0.3, 0.4) is 0 Å². The van der Waals surface area contributed by atoms with Gasteiger partial charge in [0.05, 0.1) is 13.2 Å². The number of ether oxygens (including phenoxy) is 4. The topological polar surface area (TPSA) is 36.9 Å². The molecule has 0 spiro atoms. The molecule has 0 saturated carbocycles. The Morgan fingerprint density at radius 1 is 0.600 bits per heavy atom. The average Bonchev–Trinajstić information content (AvgIpc) is 2.72. The van der Waals surface area contributed by atoms with Gasteiger partial charge in [0.1, 0.15) is 34.5 Å². The summed E-state index contributed by atoms with van der Waals surface area (Å²) in [6.45, 7) is 9.90. The van der Waals surface area contributed by atoms with Gasteiger partial charge in [0, 0.05) is 6.07 Å². The van der Waals surface area contributed by atoms with E-state index in [1.807, 2.05) is 72.8 Å². The molecule has 0 fully saturated rings. The molecule has 158 valence electrons. The second kappa shape index (κ2) is 10.1. The molecule has 0 saturated heterocycles. The van der Waals surface area contributed by atoms with Crippen molar-refractivity contribution in [2.75, 3.05) is 13.2 Å². The van der Waals surface area contributed by atoms with Crippen LogP contribution in [-0.2, 0) is 0 Å². The third-order valence-electron chi connectivity index (χ3n) is 4.07. The third kappa shape index (κ3) is 7.03. The van der Waals surface area contributed by atoms with Crippen molar-refractivity contribution in [3.8, 4) is 34.5 Å². The van der Waals surface area contributed by atoms with Gasteiger partial charge >= 0.3 is 0 Å². The SMILES string of the molecule is CCCOc1ccc(Oc2cccc(Oc3ccc(OCC(C)(C)C)cc3)c2)cc1. The molecule has 3 aromatic carbocycles. The van der Waals surface area contributed by atoms with Crippen molar-refractivity contribution >= 4 is 0 Å². The van der Waals surface area contributed by atoms with Crippen LogP contribution in [0.2, 0.25) is 0 Å². The molecule has 0 radical (unpaired) electrons. The predicted molar refractivity (Wildman–Crippen MR) is 120 cm³/mol. The number of rotatable bonds is 9. The van der Waals surface area contributed by atoms with Crippen molar-refractivity contribution in [1.82, 2.24) is 0 Å². The van der Waals surface area contributed by atoms with E-state index in [9.17, 15) is 0 Å². The van der Waals surface area contributed by atoms with E-state index >= 15 is 0 Å². The maximum absolute atomic E-state index is 5.96. The predicted octanol–water partition coefficient (Wildman–Crippen LogP) is 7.48. The molecule has 0 bridgehead atoms. The molecule has 3 aromatic rings. The summed E-state index contributed by atoms with van der Waals surface area (Å²) in [5.41, 5.74) is 0.123. The van der Waals surface area contributed by atoms with Gasteiger partial charge in [0.2, 0.25) is 0 Å². The lowest BCUT2D eigenvalue weighted by molar-refractivity contribution is 0.198. The lowest BCUT2D eigenvalue weighted by Gasteiger charge is -2.18. The largest absolute Gasteiger partial charge is 0.494 e. The summed E-state index contributed by atoms with van der Waals surface area (Å²) in [6.07, 6.45) is 0.984. The van der Waals surface area contributed by atoms with Crippen LogP contribution in [0, 0.1) is 5.41 Å². The number of hydrogen-bond acceptors (Lipinski definition) is 4. The molecule has 0 aromatic heterocycles. The van der Waals surface area contributed by atoms with Crippen LogP contribution >= 0.6 is 0 Å². The van der Waals surface area contributed by atoms with Crippen molar-refractivity contribution in [3.63, 3.8) is 0 Å². The van der Waals surface area contributed by atoms with Gasteiger partial charge in [-0.2, -0.15) is 0 Å². The lowest BCUT2D eigenvalue weighted by atomic mass is 9.99. The molecular weight excluding hydrogens is 376 g/mol. The molecule has 0 aliphatic carbocycles. The molecule has 0 amide bonds. The van der Waals surface area contributed by atoms with Gasteiger partial charge in [-0.25, -0.2) is 0 Å². The first-order valence-electron chi connectivity index (χ1n) is 10.3. The highest BCUT2D eigenvalue weighted by Crippen LogP contribution is 2.30. The van der Waals surface area contributed by atoms with Crippen molar-refractivity contribution in [3.05, 3.63) is 72.8 Å². The van der Waals surface area contributed by atoms with E-state index in [1.54, 1.807) is 0 Å². The summed E-state index contributed by atoms with van der Waals surface area (Å²) in [7, 11) is 0. The second-order valence-electron chi connectivity index (χ2n) is 8.32. The van der Waals surface area contributed by atoms with Crippen molar-refractivity contribution in [2.24, 2.45) is 5.41 Å². The summed E-state index contributed by atoms with van der Waals surface area (Å²) in [6, 6.07) is 22.8. The Morgan fingerprint density at radius 2 is 1.07 bits per heavy atom. The average molecular weight is 407 g/mol. The van der Waals surface area contributed by atoms with E-state index in [1.165, 1.54) is 0 Å². The molecule has 0 unspecified atom stereocenters. The van der Waals surface area contributed by atoms with Gasteiger partial charge in [0.25, 0.3) is 0 Å². The fraction of sp³-hybridized carbons (Fsp3) is 0.308. The fourth-order valence-corrected chi connectivity index (χ4v) is 2.60. The molecule has 0 aliphatic heterocycles. The first-order valence-corrected chi connectivity index (χ1v) is 10.3. The number of benzene rings is 3. The highest BCUT2D eigenvalue weighted by atomic mass is 16.5. The molecule has 30 heavy (non-hydrogen) atoms. The smallest absolute Gasteiger partial charge is 0.131 e. The lowest BCUT2D eigenvalue weighted by Crippen LogP contribution is -2.16. The first kappa shape index (κ1) is 21.6. The van der Waals surface area contributed by atoms with E-state index in [2.05, 4.69) is 27.7 Å². The summed E-state index contributed by atoms with van der Waals surface area (Å²) in [4.78, 5) is 0. The molecule has 0 heterocycles. The Labute approximate surface area is 179 Å². The van der Waals surface area contributed by atoms with Crippen LogP contribution in [0.1, 0.15) is 34.1 Å². The first-order chi connectivity index (χ1) is 14.4. The maximum atomic E-state index is 5.96. The normalized spacial score (nSPS) is 11.1. The molecule has 0 N–H and O–H groups in total. The van der Waals surface area contributed by atoms with Gasteiger partial charge in [-0.15, -0.1) is 0 Å². The van der Waals surface area contributed by atoms with Crippen molar-refractivity contribution in [1.29, 1.82) is 0 Å². The Balaban J connectivity index is 1.58. The van der Waals surface area contributed by atoms with Crippen LogP contribution in [0.25, 0.3) is 0 Å². The van der Waals surface area contributed by atoms with Crippen LogP contribution in [-0.4, -0.2) is 13.2 Å². The minimum atomic E-state index is 0.123. The zero-order valence-electron chi connectivity index (χ0n) is 18.2. The molecule has 4 nitrogen and oxygen atoms in total. The van der Waals surface area contributed by atoms with Gasteiger partial charge in [-0.3, -0.25) is 0 Å². The molecule has 4 heteroatoms. The Morgan fingerprint density at radius 3 is 1.53 bits per heavy atom.